The van der Waals surface area contributed by atoms with Crippen LogP contribution in [0.4, 0.5) is 0 Å². The third-order valence-electron chi connectivity index (χ3n) is 5.56. The van der Waals surface area contributed by atoms with Crippen LogP contribution in [0.1, 0.15) is 38.4 Å². The van der Waals surface area contributed by atoms with Gasteiger partial charge in [-0.3, -0.25) is 9.98 Å². The summed E-state index contributed by atoms with van der Waals surface area (Å²) in [5.41, 5.74) is 0.702. The number of nitrogens with zero attached hydrogens (tertiary/aromatic N) is 5. The summed E-state index contributed by atoms with van der Waals surface area (Å²) in [5, 5.41) is 7.52. The maximum absolute atomic E-state index is 5.32. The van der Waals surface area contributed by atoms with E-state index in [9.17, 15) is 0 Å². The Morgan fingerprint density at radius 2 is 2.04 bits per heavy atom. The first-order valence-corrected chi connectivity index (χ1v) is 10.1. The highest BCUT2D eigenvalue weighted by molar-refractivity contribution is 14.0. The lowest BCUT2D eigenvalue weighted by atomic mass is 9.82. The molecule has 2 atom stereocenters. The van der Waals surface area contributed by atoms with Gasteiger partial charge in [0.1, 0.15) is 5.69 Å². The van der Waals surface area contributed by atoms with Crippen LogP contribution >= 0.6 is 24.0 Å². The monoisotopic (exact) mass is 496 g/mol. The van der Waals surface area contributed by atoms with Gasteiger partial charge in [-0.05, 0) is 43.7 Å². The van der Waals surface area contributed by atoms with E-state index in [4.69, 9.17) is 9.52 Å². The van der Waals surface area contributed by atoms with Crippen LogP contribution in [0.15, 0.2) is 33.9 Å². The molecule has 152 valence electrons. The molecule has 4 rings (SSSR count). The molecule has 1 N–H and O–H groups in total. The predicted molar refractivity (Wildman–Crippen MR) is 120 cm³/mol. The summed E-state index contributed by atoms with van der Waals surface area (Å²) in [6.07, 6.45) is 7.91. The van der Waals surface area contributed by atoms with Gasteiger partial charge in [-0.1, -0.05) is 24.1 Å². The Morgan fingerprint density at radius 1 is 1.25 bits per heavy atom. The zero-order valence-electron chi connectivity index (χ0n) is 16.4. The highest BCUT2D eigenvalue weighted by Gasteiger charge is 2.35. The molecule has 0 spiro atoms. The zero-order chi connectivity index (χ0) is 18.5. The SMILES string of the molecule is CCNC(=NCCc1noc(-c2ccccn2)n1)N1CC2CCCCC2C1.I. The third kappa shape index (κ3) is 5.01. The first-order chi connectivity index (χ1) is 13.3. The Balaban J connectivity index is 0.00000225. The molecule has 1 saturated carbocycles. The summed E-state index contributed by atoms with van der Waals surface area (Å²) in [7, 11) is 0. The Bertz CT molecular complexity index is 751. The lowest BCUT2D eigenvalue weighted by Gasteiger charge is -2.22. The Labute approximate surface area is 183 Å². The summed E-state index contributed by atoms with van der Waals surface area (Å²) < 4.78 is 5.32. The van der Waals surface area contributed by atoms with Crippen molar-refractivity contribution in [3.05, 3.63) is 30.2 Å². The summed E-state index contributed by atoms with van der Waals surface area (Å²) in [5.74, 6) is 3.86. The van der Waals surface area contributed by atoms with E-state index in [0.717, 1.165) is 37.4 Å². The van der Waals surface area contributed by atoms with Gasteiger partial charge in [0, 0.05) is 38.8 Å². The van der Waals surface area contributed by atoms with Crippen LogP contribution in [0, 0.1) is 11.8 Å². The minimum atomic E-state index is 0. The quantitative estimate of drug-likeness (QED) is 0.389. The normalized spacial score (nSPS) is 21.9. The largest absolute Gasteiger partial charge is 0.357 e. The van der Waals surface area contributed by atoms with Gasteiger partial charge >= 0.3 is 0 Å². The third-order valence-corrected chi connectivity index (χ3v) is 5.56. The van der Waals surface area contributed by atoms with Crippen molar-refractivity contribution in [1.82, 2.24) is 25.3 Å². The van der Waals surface area contributed by atoms with Crippen LogP contribution in [0.25, 0.3) is 11.6 Å². The molecule has 0 amide bonds. The van der Waals surface area contributed by atoms with Gasteiger partial charge in [-0.25, -0.2) is 0 Å². The number of aliphatic imine (C=N–C) groups is 1. The fourth-order valence-corrected chi connectivity index (χ4v) is 4.22. The van der Waals surface area contributed by atoms with E-state index in [2.05, 4.69) is 32.3 Å². The van der Waals surface area contributed by atoms with Gasteiger partial charge in [0.2, 0.25) is 0 Å². The van der Waals surface area contributed by atoms with Crippen molar-refractivity contribution in [2.24, 2.45) is 16.8 Å². The summed E-state index contributed by atoms with van der Waals surface area (Å²) in [4.78, 5) is 15.9. The van der Waals surface area contributed by atoms with E-state index in [0.29, 0.717) is 30.4 Å². The number of hydrogen-bond acceptors (Lipinski definition) is 5. The molecule has 7 nitrogen and oxygen atoms in total. The van der Waals surface area contributed by atoms with E-state index in [-0.39, 0.29) is 24.0 Å². The van der Waals surface area contributed by atoms with Crippen LogP contribution in [0.2, 0.25) is 0 Å². The van der Waals surface area contributed by atoms with Crippen molar-refractivity contribution in [2.45, 2.75) is 39.0 Å². The molecule has 2 unspecified atom stereocenters. The predicted octanol–water partition coefficient (Wildman–Crippen LogP) is 3.38. The maximum Gasteiger partial charge on any atom is 0.276 e. The highest BCUT2D eigenvalue weighted by atomic mass is 127. The second-order valence-corrected chi connectivity index (χ2v) is 7.43. The molecule has 3 heterocycles. The molecule has 8 heteroatoms. The van der Waals surface area contributed by atoms with Gasteiger partial charge in [-0.15, -0.1) is 24.0 Å². The fraction of sp³-hybridized carbons (Fsp3) is 0.600. The smallest absolute Gasteiger partial charge is 0.276 e. The maximum atomic E-state index is 5.32. The number of fused-ring (bicyclic) bond motifs is 1. The minimum absolute atomic E-state index is 0. The number of guanidine groups is 1. The number of hydrogen-bond donors (Lipinski definition) is 1. The van der Waals surface area contributed by atoms with Crippen molar-refractivity contribution in [1.29, 1.82) is 0 Å². The molecule has 0 bridgehead atoms. The molecule has 2 aromatic heterocycles. The number of aromatic nitrogens is 3. The molecule has 2 fully saturated rings. The van der Waals surface area contributed by atoms with Gasteiger partial charge in [-0.2, -0.15) is 4.98 Å². The first-order valence-electron chi connectivity index (χ1n) is 10.1. The topological polar surface area (TPSA) is 79.4 Å². The van der Waals surface area contributed by atoms with Gasteiger partial charge in [0.05, 0.1) is 0 Å². The van der Waals surface area contributed by atoms with Crippen molar-refractivity contribution < 1.29 is 4.52 Å². The highest BCUT2D eigenvalue weighted by Crippen LogP contribution is 2.35. The van der Waals surface area contributed by atoms with Crippen molar-refractivity contribution in [3.8, 4) is 11.6 Å². The van der Waals surface area contributed by atoms with E-state index < -0.39 is 0 Å². The average Bonchev–Trinajstić information content (AvgIpc) is 3.35. The second kappa shape index (κ2) is 10.2. The van der Waals surface area contributed by atoms with E-state index in [1.54, 1.807) is 6.20 Å². The number of nitrogens with one attached hydrogen (secondary N) is 1. The summed E-state index contributed by atoms with van der Waals surface area (Å²) >= 11 is 0. The van der Waals surface area contributed by atoms with Gasteiger partial charge in [0.15, 0.2) is 11.8 Å². The van der Waals surface area contributed by atoms with Gasteiger partial charge < -0.3 is 14.7 Å². The first kappa shape index (κ1) is 21.0. The zero-order valence-corrected chi connectivity index (χ0v) is 18.7. The molecule has 2 aliphatic rings. The summed E-state index contributed by atoms with van der Waals surface area (Å²) in [6, 6.07) is 5.64. The molecule has 0 radical (unpaired) electrons. The number of halogens is 1. The standard InChI is InChI=1S/C20H28N6O.HI/c1-2-21-20(26-13-15-7-3-4-8-16(15)14-26)23-12-10-18-24-19(27-25-18)17-9-5-6-11-22-17;/h5-6,9,11,15-16H,2-4,7-8,10,12-14H2,1H3,(H,21,23);1H. The van der Waals surface area contributed by atoms with Crippen LogP contribution in [0.5, 0.6) is 0 Å². The lowest BCUT2D eigenvalue weighted by Crippen LogP contribution is -2.40. The van der Waals surface area contributed by atoms with E-state index in [1.807, 2.05) is 18.2 Å². The summed E-state index contributed by atoms with van der Waals surface area (Å²) in [6.45, 7) is 5.94. The Hall–Kier alpha value is -1.71. The molecule has 0 aromatic carbocycles. The molecule has 1 aliphatic carbocycles. The van der Waals surface area contributed by atoms with Gasteiger partial charge in [0.25, 0.3) is 5.89 Å². The number of rotatable bonds is 5. The van der Waals surface area contributed by atoms with E-state index in [1.165, 1.54) is 25.7 Å². The molecular formula is C20H29IN6O. The second-order valence-electron chi connectivity index (χ2n) is 7.43. The van der Waals surface area contributed by atoms with Crippen LogP contribution in [-0.4, -0.2) is 52.2 Å². The Kier molecular flexibility index (Phi) is 7.64. The van der Waals surface area contributed by atoms with Crippen molar-refractivity contribution in [2.75, 3.05) is 26.2 Å². The molecule has 2 aromatic rings. The lowest BCUT2D eigenvalue weighted by molar-refractivity contribution is 0.299. The number of pyridine rings is 1. The molecular weight excluding hydrogens is 467 g/mol. The molecule has 28 heavy (non-hydrogen) atoms. The number of likely N-dealkylation sites (tertiary alicyclic amines) is 1. The average molecular weight is 496 g/mol. The van der Waals surface area contributed by atoms with E-state index >= 15 is 0 Å². The van der Waals surface area contributed by atoms with Crippen LogP contribution in [0.3, 0.4) is 0 Å². The van der Waals surface area contributed by atoms with Crippen molar-refractivity contribution >= 4 is 29.9 Å². The Morgan fingerprint density at radius 3 is 2.71 bits per heavy atom. The van der Waals surface area contributed by atoms with Crippen LogP contribution < -0.4 is 5.32 Å². The fourth-order valence-electron chi connectivity index (χ4n) is 4.22. The van der Waals surface area contributed by atoms with Crippen LogP contribution in [-0.2, 0) is 6.42 Å². The minimum Gasteiger partial charge on any atom is -0.357 e. The van der Waals surface area contributed by atoms with Crippen molar-refractivity contribution in [3.63, 3.8) is 0 Å². The molecule has 1 aliphatic heterocycles. The molecule has 1 saturated heterocycles.